The summed E-state index contributed by atoms with van der Waals surface area (Å²) in [6.45, 7) is 0. The third kappa shape index (κ3) is 4.74. The molecule has 12 rings (SSSR count). The summed E-state index contributed by atoms with van der Waals surface area (Å²) >= 11 is 0. The van der Waals surface area contributed by atoms with Crippen LogP contribution in [0.15, 0.2) is 194 Å². The fourth-order valence-corrected chi connectivity index (χ4v) is 7.55. The molecule has 0 amide bonds. The summed E-state index contributed by atoms with van der Waals surface area (Å²) in [6.07, 6.45) is 0. The van der Waals surface area contributed by atoms with Gasteiger partial charge >= 0.3 is 0 Å². The van der Waals surface area contributed by atoms with E-state index < -0.39 is 189 Å². The Morgan fingerprint density at radius 1 is 0.351 bits per heavy atom. The molecular formula is C51H32N6. The van der Waals surface area contributed by atoms with Gasteiger partial charge in [0.05, 0.1) is 63.3 Å². The average Bonchev–Trinajstić information content (AvgIpc) is 3.72. The van der Waals surface area contributed by atoms with Gasteiger partial charge in [-0.2, -0.15) is 9.97 Å². The van der Waals surface area contributed by atoms with Gasteiger partial charge in [-0.05, 0) is 48.4 Å². The molecule has 0 aliphatic rings. The number of nitrogens with zero attached hydrogens (tertiary/aromatic N) is 6. The summed E-state index contributed by atoms with van der Waals surface area (Å²) in [5.74, 6) is -1.67. The Morgan fingerprint density at radius 3 is 1.56 bits per heavy atom. The van der Waals surface area contributed by atoms with E-state index in [0.717, 1.165) is 4.57 Å². The lowest BCUT2D eigenvalue weighted by Gasteiger charge is -2.13. The number of benzene rings is 8. The van der Waals surface area contributed by atoms with Crippen molar-refractivity contribution in [3.63, 3.8) is 0 Å². The van der Waals surface area contributed by atoms with Crippen molar-refractivity contribution < 1.29 is 30.2 Å². The van der Waals surface area contributed by atoms with Crippen molar-refractivity contribution in [3.05, 3.63) is 194 Å². The Morgan fingerprint density at radius 2 is 0.877 bits per heavy atom. The third-order valence-electron chi connectivity index (χ3n) is 9.82. The zero-order valence-corrected chi connectivity index (χ0v) is 29.0. The van der Waals surface area contributed by atoms with Crippen molar-refractivity contribution in [1.82, 2.24) is 28.7 Å². The van der Waals surface area contributed by atoms with Gasteiger partial charge in [-0.1, -0.05) is 145 Å². The number of hydrogen-bond donors (Lipinski definition) is 0. The van der Waals surface area contributed by atoms with Crippen molar-refractivity contribution in [2.24, 2.45) is 0 Å². The molecule has 0 N–H and O–H groups in total. The first-order valence-corrected chi connectivity index (χ1v) is 17.4. The van der Waals surface area contributed by atoms with E-state index in [1.54, 1.807) is 60.7 Å². The van der Waals surface area contributed by atoms with Gasteiger partial charge in [-0.3, -0.25) is 4.57 Å². The van der Waals surface area contributed by atoms with Crippen molar-refractivity contribution >= 4 is 65.4 Å². The predicted molar refractivity (Wildman–Crippen MR) is 234 cm³/mol. The minimum atomic E-state index is -0.857. The summed E-state index contributed by atoms with van der Waals surface area (Å²) in [5.41, 5.74) is -1.87. The molecule has 0 spiro atoms. The lowest BCUT2D eigenvalue weighted by Crippen LogP contribution is -2.07. The number of para-hydroxylation sites is 5. The third-order valence-corrected chi connectivity index (χ3v) is 9.82. The number of fused-ring (bicyclic) bond motifs is 10. The van der Waals surface area contributed by atoms with Crippen molar-refractivity contribution in [3.8, 4) is 40.1 Å². The SMILES string of the molecule is [2H]c1c([2H])c([2H])c(-c2nc(-c3c([2H])c([2H])c4c5c([2H])c([2H])c([2H])c([2H])c5n(-c5c([2H])c([2H])c([2H])c([2H])c5[2H])c4c3[2H])nc(-n3c4ccccc4c4ccc5c6ccccc6n(-c6c([2H])c([2H])c([2H])c([2H])c6[2H])c5c43)n2)c([2H])c1[2H]. The van der Waals surface area contributed by atoms with Crippen LogP contribution in [-0.2, 0) is 0 Å². The van der Waals surface area contributed by atoms with E-state index >= 15 is 0 Å². The maximum absolute atomic E-state index is 10.1. The quantitative estimate of drug-likeness (QED) is 0.176. The molecule has 6 nitrogen and oxygen atoms in total. The van der Waals surface area contributed by atoms with Gasteiger partial charge in [0.25, 0.3) is 0 Å². The second-order valence-electron chi connectivity index (χ2n) is 12.8. The molecule has 0 aliphatic heterocycles. The maximum atomic E-state index is 10.1. The molecule has 4 heterocycles. The van der Waals surface area contributed by atoms with Crippen LogP contribution >= 0.6 is 0 Å². The lowest BCUT2D eigenvalue weighted by molar-refractivity contribution is 0.953. The molecule has 0 unspecified atom stereocenters. The van der Waals surface area contributed by atoms with Gasteiger partial charge in [-0.15, -0.1) is 0 Å². The Labute approximate surface area is 358 Å². The fraction of sp³-hybridized carbons (Fsp3) is 0. The summed E-state index contributed by atoms with van der Waals surface area (Å²) in [5, 5.41) is 1.27. The predicted octanol–water partition coefficient (Wildman–Crippen LogP) is 12.5. The minimum Gasteiger partial charge on any atom is -0.309 e. The van der Waals surface area contributed by atoms with Gasteiger partial charge in [0, 0.05) is 54.8 Å². The standard InChI is InChI=1S/C51H32N6/c1-4-16-33(17-5-1)49-52-50(34-28-29-40-37-22-10-13-25-43(37)55(46(40)32-34)35-18-6-2-7-19-35)54-51(53-49)57-45-27-15-12-24-39(45)42-31-30-41-38-23-11-14-26-44(38)56(47(41)48(42)57)36-20-8-3-9-21-36/h1-32H/i1D,2D,3D,4D,5D,6D,7D,8D,9D,10D,13D,16D,17D,18D,19D,20D,21D,22D,25D,28D,29D,32D. The lowest BCUT2D eigenvalue weighted by atomic mass is 10.1. The minimum absolute atomic E-state index is 0.220. The summed E-state index contributed by atoms with van der Waals surface area (Å²) in [4.78, 5) is 14.3. The molecule has 0 bridgehead atoms. The van der Waals surface area contributed by atoms with Crippen LogP contribution in [0.25, 0.3) is 106 Å². The molecule has 4 aromatic heterocycles. The molecule has 6 heteroatoms. The second kappa shape index (κ2) is 12.3. The Kier molecular flexibility index (Phi) is 3.66. The highest BCUT2D eigenvalue weighted by atomic mass is 15.2. The highest BCUT2D eigenvalue weighted by Gasteiger charge is 2.24. The van der Waals surface area contributed by atoms with Gasteiger partial charge < -0.3 is 9.13 Å². The molecule has 57 heavy (non-hydrogen) atoms. The topological polar surface area (TPSA) is 53.5 Å². The van der Waals surface area contributed by atoms with E-state index in [0.29, 0.717) is 32.6 Å². The van der Waals surface area contributed by atoms with Crippen LogP contribution in [-0.4, -0.2) is 28.7 Å². The summed E-state index contributed by atoms with van der Waals surface area (Å²) in [6, 6.07) is 0.806. The van der Waals surface area contributed by atoms with Gasteiger partial charge in [0.2, 0.25) is 5.95 Å². The van der Waals surface area contributed by atoms with E-state index in [-0.39, 0.29) is 16.7 Å². The molecule has 0 saturated heterocycles. The highest BCUT2D eigenvalue weighted by Crippen LogP contribution is 2.42. The first-order chi connectivity index (χ1) is 37.4. The van der Waals surface area contributed by atoms with E-state index in [1.165, 1.54) is 9.13 Å². The first kappa shape index (κ1) is 16.9. The number of hydrogen-bond acceptors (Lipinski definition) is 3. The molecule has 8 aromatic carbocycles. The number of rotatable bonds is 5. The van der Waals surface area contributed by atoms with Gasteiger partial charge in [0.1, 0.15) is 0 Å². The largest absolute Gasteiger partial charge is 0.309 e. The maximum Gasteiger partial charge on any atom is 0.238 e. The Balaban J connectivity index is 1.31. The average molecular weight is 751 g/mol. The van der Waals surface area contributed by atoms with Crippen molar-refractivity contribution in [2.75, 3.05) is 0 Å². The van der Waals surface area contributed by atoms with Crippen LogP contribution in [0.5, 0.6) is 0 Å². The van der Waals surface area contributed by atoms with Crippen molar-refractivity contribution in [1.29, 1.82) is 0 Å². The smallest absolute Gasteiger partial charge is 0.238 e. The van der Waals surface area contributed by atoms with E-state index in [1.807, 2.05) is 0 Å². The number of aromatic nitrogens is 6. The van der Waals surface area contributed by atoms with Crippen LogP contribution in [0, 0.1) is 0 Å². The van der Waals surface area contributed by atoms with Crippen LogP contribution < -0.4 is 0 Å². The Bertz CT molecular complexity index is 4740. The molecule has 0 aliphatic carbocycles. The van der Waals surface area contributed by atoms with E-state index in [4.69, 9.17) is 33.3 Å². The normalized spacial score (nSPS) is 17.3. The van der Waals surface area contributed by atoms with Crippen molar-refractivity contribution in [2.45, 2.75) is 0 Å². The molecular weight excluding hydrogens is 697 g/mol. The fourth-order valence-electron chi connectivity index (χ4n) is 7.55. The molecule has 0 saturated carbocycles. The van der Waals surface area contributed by atoms with Gasteiger partial charge in [-0.25, -0.2) is 4.98 Å². The Hall–Kier alpha value is -7.83. The highest BCUT2D eigenvalue weighted by molar-refractivity contribution is 6.23. The van der Waals surface area contributed by atoms with E-state index in [2.05, 4.69) is 4.98 Å². The summed E-state index contributed by atoms with van der Waals surface area (Å²) < 4.78 is 200. The molecule has 12 aromatic rings. The van der Waals surface area contributed by atoms with Gasteiger partial charge in [0.15, 0.2) is 11.6 Å². The zero-order chi connectivity index (χ0) is 56.6. The van der Waals surface area contributed by atoms with Crippen LogP contribution in [0.1, 0.15) is 30.2 Å². The van der Waals surface area contributed by atoms with E-state index in [9.17, 15) is 6.85 Å². The monoisotopic (exact) mass is 750 g/mol. The summed E-state index contributed by atoms with van der Waals surface area (Å²) in [7, 11) is 0. The first-order valence-electron chi connectivity index (χ1n) is 28.4. The molecule has 0 fully saturated rings. The molecule has 266 valence electrons. The molecule has 0 radical (unpaired) electrons. The second-order valence-corrected chi connectivity index (χ2v) is 12.8. The molecule has 0 atom stereocenters. The van der Waals surface area contributed by atoms with Crippen LogP contribution in [0.2, 0.25) is 0 Å². The van der Waals surface area contributed by atoms with Crippen LogP contribution in [0.4, 0.5) is 0 Å². The van der Waals surface area contributed by atoms with Crippen LogP contribution in [0.3, 0.4) is 0 Å². The zero-order valence-electron chi connectivity index (χ0n) is 51.0.